The second kappa shape index (κ2) is 6.59. The average Bonchev–Trinajstić information content (AvgIpc) is 2.53. The summed E-state index contributed by atoms with van der Waals surface area (Å²) in [6.45, 7) is 0.944. The van der Waals surface area contributed by atoms with Gasteiger partial charge < -0.3 is 10.1 Å². The summed E-state index contributed by atoms with van der Waals surface area (Å²) in [7, 11) is -1.04. The quantitative estimate of drug-likeness (QED) is 0.920. The first-order valence-electron chi connectivity index (χ1n) is 8.15. The van der Waals surface area contributed by atoms with Gasteiger partial charge in [-0.05, 0) is 67.8 Å². The maximum Gasteiger partial charge on any atom is 0.150 e. The van der Waals surface area contributed by atoms with Crippen LogP contribution in [0.5, 0.6) is 5.75 Å². The molecule has 1 aliphatic heterocycles. The van der Waals surface area contributed by atoms with E-state index in [1.807, 2.05) is 6.07 Å². The molecule has 1 heterocycles. The number of benzene rings is 1. The summed E-state index contributed by atoms with van der Waals surface area (Å²) in [4.78, 5) is 0. The first-order valence-corrected chi connectivity index (χ1v) is 9.97. The molecule has 0 amide bonds. The van der Waals surface area contributed by atoms with Gasteiger partial charge in [-0.3, -0.25) is 0 Å². The van der Waals surface area contributed by atoms with Crippen molar-refractivity contribution in [3.05, 3.63) is 29.3 Å². The Morgan fingerprint density at radius 3 is 2.68 bits per heavy atom. The summed E-state index contributed by atoms with van der Waals surface area (Å²) < 4.78 is 28.2. The van der Waals surface area contributed by atoms with Gasteiger partial charge in [0.15, 0.2) is 0 Å². The van der Waals surface area contributed by atoms with Crippen LogP contribution in [0.2, 0.25) is 0 Å². The topological polar surface area (TPSA) is 55.4 Å². The van der Waals surface area contributed by atoms with Crippen LogP contribution in [0.3, 0.4) is 0 Å². The molecule has 1 aromatic carbocycles. The van der Waals surface area contributed by atoms with E-state index in [0.29, 0.717) is 23.5 Å². The normalized spacial score (nSPS) is 24.7. The van der Waals surface area contributed by atoms with Crippen LogP contribution in [0, 0.1) is 5.92 Å². The molecule has 22 heavy (non-hydrogen) atoms. The highest BCUT2D eigenvalue weighted by Gasteiger charge is 2.25. The molecule has 3 rings (SSSR count). The minimum Gasteiger partial charge on any atom is -0.497 e. The minimum absolute atomic E-state index is 0.365. The molecule has 0 unspecified atom stereocenters. The van der Waals surface area contributed by atoms with Crippen LogP contribution in [0.15, 0.2) is 18.2 Å². The van der Waals surface area contributed by atoms with Crippen molar-refractivity contribution in [3.63, 3.8) is 0 Å². The molecular formula is C17H25NO3S. The molecule has 1 aliphatic carbocycles. The number of nitrogens with one attached hydrogen (secondary N) is 1. The van der Waals surface area contributed by atoms with E-state index in [1.54, 1.807) is 7.11 Å². The fourth-order valence-corrected chi connectivity index (χ4v) is 5.10. The van der Waals surface area contributed by atoms with Crippen LogP contribution >= 0.6 is 0 Å². The first kappa shape index (κ1) is 15.8. The maximum atomic E-state index is 11.5. The van der Waals surface area contributed by atoms with Gasteiger partial charge in [0, 0.05) is 6.04 Å². The van der Waals surface area contributed by atoms with Crippen LogP contribution in [0.25, 0.3) is 0 Å². The summed E-state index contributed by atoms with van der Waals surface area (Å²) in [5.41, 5.74) is 2.82. The Kier molecular flexibility index (Phi) is 4.73. The summed E-state index contributed by atoms with van der Waals surface area (Å²) in [5, 5.41) is 3.66. The Bertz CT molecular complexity index is 613. The lowest BCUT2D eigenvalue weighted by molar-refractivity contribution is 0.376. The molecule has 1 atom stereocenters. The van der Waals surface area contributed by atoms with E-state index < -0.39 is 9.84 Å². The molecule has 0 aromatic heterocycles. The molecular weight excluding hydrogens is 298 g/mol. The maximum absolute atomic E-state index is 11.5. The zero-order valence-electron chi connectivity index (χ0n) is 13.2. The van der Waals surface area contributed by atoms with Crippen molar-refractivity contribution in [1.82, 2.24) is 5.32 Å². The number of rotatable bonds is 4. The SMILES string of the molecule is COc1ccc2c(c1)C[C@@H](NCC1CCS(=O)(=O)CC1)CC2. The van der Waals surface area contributed by atoms with Crippen LogP contribution < -0.4 is 10.1 Å². The zero-order chi connectivity index (χ0) is 15.6. The third kappa shape index (κ3) is 3.82. The van der Waals surface area contributed by atoms with Gasteiger partial charge in [0.1, 0.15) is 15.6 Å². The number of ether oxygens (including phenoxy) is 1. The Balaban J connectivity index is 1.52. The monoisotopic (exact) mass is 323 g/mol. The minimum atomic E-state index is -2.75. The van der Waals surface area contributed by atoms with Crippen molar-refractivity contribution in [1.29, 1.82) is 0 Å². The van der Waals surface area contributed by atoms with E-state index >= 15 is 0 Å². The van der Waals surface area contributed by atoms with Crippen LogP contribution in [0.1, 0.15) is 30.4 Å². The molecule has 0 radical (unpaired) electrons. The van der Waals surface area contributed by atoms with E-state index in [4.69, 9.17) is 4.74 Å². The van der Waals surface area contributed by atoms with Crippen molar-refractivity contribution in [3.8, 4) is 5.75 Å². The van der Waals surface area contributed by atoms with Crippen molar-refractivity contribution in [2.75, 3.05) is 25.2 Å². The highest BCUT2D eigenvalue weighted by molar-refractivity contribution is 7.91. The highest BCUT2D eigenvalue weighted by atomic mass is 32.2. The zero-order valence-corrected chi connectivity index (χ0v) is 14.0. The molecule has 122 valence electrons. The number of hydrogen-bond donors (Lipinski definition) is 1. The molecule has 1 N–H and O–H groups in total. The predicted molar refractivity (Wildman–Crippen MR) is 88.2 cm³/mol. The third-order valence-corrected chi connectivity index (χ3v) is 6.73. The van der Waals surface area contributed by atoms with Gasteiger partial charge in [0.25, 0.3) is 0 Å². The summed E-state index contributed by atoms with van der Waals surface area (Å²) in [6.07, 6.45) is 4.93. The fraction of sp³-hybridized carbons (Fsp3) is 0.647. The number of sulfone groups is 1. The molecule has 4 nitrogen and oxygen atoms in total. The Morgan fingerprint density at radius 2 is 1.95 bits per heavy atom. The molecule has 1 aromatic rings. The van der Waals surface area contributed by atoms with E-state index in [-0.39, 0.29) is 0 Å². The van der Waals surface area contributed by atoms with Crippen molar-refractivity contribution < 1.29 is 13.2 Å². The lowest BCUT2D eigenvalue weighted by Gasteiger charge is -2.29. The lowest BCUT2D eigenvalue weighted by Crippen LogP contribution is -2.39. The van der Waals surface area contributed by atoms with E-state index in [2.05, 4.69) is 17.4 Å². The number of methoxy groups -OCH3 is 1. The van der Waals surface area contributed by atoms with E-state index in [0.717, 1.165) is 44.4 Å². The number of aryl methyl sites for hydroxylation is 1. The fourth-order valence-electron chi connectivity index (χ4n) is 3.51. The van der Waals surface area contributed by atoms with E-state index in [1.165, 1.54) is 11.1 Å². The van der Waals surface area contributed by atoms with Gasteiger partial charge in [-0.25, -0.2) is 8.42 Å². The van der Waals surface area contributed by atoms with Crippen LogP contribution in [-0.4, -0.2) is 39.6 Å². The van der Waals surface area contributed by atoms with Crippen molar-refractivity contribution >= 4 is 9.84 Å². The van der Waals surface area contributed by atoms with Gasteiger partial charge >= 0.3 is 0 Å². The van der Waals surface area contributed by atoms with Gasteiger partial charge in [0.05, 0.1) is 18.6 Å². The number of hydrogen-bond acceptors (Lipinski definition) is 4. The first-order chi connectivity index (χ1) is 10.6. The van der Waals surface area contributed by atoms with Crippen molar-refractivity contribution in [2.24, 2.45) is 5.92 Å². The van der Waals surface area contributed by atoms with Crippen LogP contribution in [0.4, 0.5) is 0 Å². The molecule has 2 aliphatic rings. The lowest BCUT2D eigenvalue weighted by atomic mass is 9.87. The Morgan fingerprint density at radius 1 is 1.18 bits per heavy atom. The predicted octanol–water partition coefficient (Wildman–Crippen LogP) is 1.97. The van der Waals surface area contributed by atoms with Gasteiger partial charge in [-0.15, -0.1) is 0 Å². The van der Waals surface area contributed by atoms with Crippen LogP contribution in [-0.2, 0) is 22.7 Å². The Labute approximate surface area is 133 Å². The average molecular weight is 323 g/mol. The smallest absolute Gasteiger partial charge is 0.150 e. The summed E-state index contributed by atoms with van der Waals surface area (Å²) in [6, 6.07) is 6.86. The third-order valence-electron chi connectivity index (χ3n) is 5.01. The molecule has 5 heteroatoms. The molecule has 1 fully saturated rings. The van der Waals surface area contributed by atoms with Gasteiger partial charge in [-0.2, -0.15) is 0 Å². The molecule has 0 saturated carbocycles. The highest BCUT2D eigenvalue weighted by Crippen LogP contribution is 2.26. The standard InChI is InChI=1S/C17H25NO3S/c1-21-17-5-3-14-2-4-16(10-15(14)11-17)18-12-13-6-8-22(19,20)9-7-13/h3,5,11,13,16,18H,2,4,6-10,12H2,1H3/t16-/m0/s1. The van der Waals surface area contributed by atoms with Gasteiger partial charge in [0.2, 0.25) is 0 Å². The molecule has 1 saturated heterocycles. The Hall–Kier alpha value is -1.07. The van der Waals surface area contributed by atoms with Gasteiger partial charge in [-0.1, -0.05) is 6.07 Å². The second-order valence-electron chi connectivity index (χ2n) is 6.58. The van der Waals surface area contributed by atoms with E-state index in [9.17, 15) is 8.42 Å². The summed E-state index contributed by atoms with van der Waals surface area (Å²) >= 11 is 0. The second-order valence-corrected chi connectivity index (χ2v) is 8.88. The molecule has 0 bridgehead atoms. The number of fused-ring (bicyclic) bond motifs is 1. The molecule has 0 spiro atoms. The summed E-state index contributed by atoms with van der Waals surface area (Å²) in [5.74, 6) is 2.17. The largest absolute Gasteiger partial charge is 0.497 e. The van der Waals surface area contributed by atoms with Crippen molar-refractivity contribution in [2.45, 2.75) is 38.1 Å².